The van der Waals surface area contributed by atoms with Crippen LogP contribution < -0.4 is 4.90 Å². The Bertz CT molecular complexity index is 1250. The number of anilines is 1. The lowest BCUT2D eigenvalue weighted by Crippen LogP contribution is -2.53. The zero-order valence-electron chi connectivity index (χ0n) is 17.1. The van der Waals surface area contributed by atoms with Crippen molar-refractivity contribution in [2.75, 3.05) is 4.90 Å². The summed E-state index contributed by atoms with van der Waals surface area (Å²) in [5, 5.41) is 9.11. The van der Waals surface area contributed by atoms with Gasteiger partial charge in [0.2, 0.25) is 11.8 Å². The molecule has 4 nitrogen and oxygen atoms in total. The number of rotatable bonds is 2. The minimum Gasteiger partial charge on any atom is -0.274 e. The molecule has 3 aromatic rings. The van der Waals surface area contributed by atoms with E-state index in [-0.39, 0.29) is 17.7 Å². The highest BCUT2D eigenvalue weighted by molar-refractivity contribution is 6.23. The van der Waals surface area contributed by atoms with Crippen molar-refractivity contribution in [1.82, 2.24) is 0 Å². The Hall–Kier alpha value is -3.71. The topological polar surface area (TPSA) is 61.2 Å². The maximum Gasteiger partial charge on any atom is 0.238 e. The van der Waals surface area contributed by atoms with Gasteiger partial charge in [0.15, 0.2) is 0 Å². The van der Waals surface area contributed by atoms with Crippen LogP contribution in [0.4, 0.5) is 5.69 Å². The number of hydrogen-bond acceptors (Lipinski definition) is 3. The van der Waals surface area contributed by atoms with Gasteiger partial charge in [-0.05, 0) is 52.9 Å². The van der Waals surface area contributed by atoms with Crippen molar-refractivity contribution in [3.63, 3.8) is 0 Å². The zero-order valence-corrected chi connectivity index (χ0v) is 17.1. The average Bonchev–Trinajstić information content (AvgIpc) is 3.10. The molecule has 2 atom stereocenters. The number of nitriles is 1. The number of nitrogens with zero attached hydrogens (tertiary/aromatic N) is 2. The van der Waals surface area contributed by atoms with Crippen LogP contribution in [0.5, 0.6) is 0 Å². The molecule has 0 N–H and O–H groups in total. The van der Waals surface area contributed by atoms with E-state index in [1.54, 1.807) is 24.3 Å². The summed E-state index contributed by atoms with van der Waals surface area (Å²) in [6.45, 7) is 2.12. The van der Waals surface area contributed by atoms with E-state index in [1.807, 2.05) is 24.3 Å². The van der Waals surface area contributed by atoms with E-state index in [9.17, 15) is 9.59 Å². The second kappa shape index (κ2) is 6.15. The molecule has 7 rings (SSSR count). The minimum atomic E-state index is -0.513. The Labute approximate surface area is 180 Å². The van der Waals surface area contributed by atoms with Gasteiger partial charge in [0, 0.05) is 11.3 Å². The smallest absolute Gasteiger partial charge is 0.238 e. The summed E-state index contributed by atoms with van der Waals surface area (Å²) >= 11 is 0. The molecule has 0 unspecified atom stereocenters. The SMILES string of the molecule is CCC12c3ccccc3C(c3ccccc31)[C@@H]1C(=O)N(c3ccc(C#N)cc3)C(=O)[C@@H]12. The van der Waals surface area contributed by atoms with Gasteiger partial charge in [-0.15, -0.1) is 0 Å². The highest BCUT2D eigenvalue weighted by atomic mass is 16.2. The quantitative estimate of drug-likeness (QED) is 0.590. The second-order valence-electron chi connectivity index (χ2n) is 8.65. The Morgan fingerprint density at radius 2 is 1.45 bits per heavy atom. The first kappa shape index (κ1) is 18.1. The van der Waals surface area contributed by atoms with E-state index < -0.39 is 17.3 Å². The molecule has 3 aliphatic carbocycles. The zero-order chi connectivity index (χ0) is 21.3. The number of carbonyl (C=O) groups is 2. The summed E-state index contributed by atoms with van der Waals surface area (Å²) in [6, 6.07) is 25.5. The largest absolute Gasteiger partial charge is 0.274 e. The standard InChI is InChI=1S/C27H20N2O2/c1-2-27-20-9-5-3-7-18(20)22(19-8-4-6-10-21(19)27)23-24(27)26(31)29(25(23)30)17-13-11-16(15-28)12-14-17/h3-14,22-24H,2H2,1H3/t22?,23-,24+,27?/m0/s1. The van der Waals surface area contributed by atoms with Gasteiger partial charge in [-0.25, -0.2) is 4.90 Å². The predicted molar refractivity (Wildman–Crippen MR) is 116 cm³/mol. The van der Waals surface area contributed by atoms with Crippen molar-refractivity contribution in [2.45, 2.75) is 24.7 Å². The fourth-order valence-electron chi connectivity index (χ4n) is 6.47. The van der Waals surface area contributed by atoms with Gasteiger partial charge in [-0.3, -0.25) is 9.59 Å². The van der Waals surface area contributed by atoms with Crippen molar-refractivity contribution in [3.05, 3.63) is 101 Å². The van der Waals surface area contributed by atoms with Gasteiger partial charge in [0.25, 0.3) is 0 Å². The predicted octanol–water partition coefficient (Wildman–Crippen LogP) is 4.52. The van der Waals surface area contributed by atoms with Gasteiger partial charge in [0.05, 0.1) is 29.2 Å². The van der Waals surface area contributed by atoms with Crippen LogP contribution >= 0.6 is 0 Å². The fraction of sp³-hybridized carbons (Fsp3) is 0.222. The van der Waals surface area contributed by atoms with E-state index in [1.165, 1.54) is 27.2 Å². The first-order valence-electron chi connectivity index (χ1n) is 10.7. The van der Waals surface area contributed by atoms with Gasteiger partial charge < -0.3 is 0 Å². The molecule has 2 bridgehead atoms. The summed E-state index contributed by atoms with van der Waals surface area (Å²) in [5.74, 6) is -1.21. The van der Waals surface area contributed by atoms with Gasteiger partial charge in [-0.2, -0.15) is 5.26 Å². The van der Waals surface area contributed by atoms with Crippen molar-refractivity contribution in [1.29, 1.82) is 5.26 Å². The van der Waals surface area contributed by atoms with Crippen LogP contribution in [0.2, 0.25) is 0 Å². The number of imide groups is 1. The van der Waals surface area contributed by atoms with E-state index in [4.69, 9.17) is 5.26 Å². The number of hydrogen-bond donors (Lipinski definition) is 0. The van der Waals surface area contributed by atoms with Gasteiger partial charge >= 0.3 is 0 Å². The van der Waals surface area contributed by atoms with E-state index in [2.05, 4.69) is 37.3 Å². The highest BCUT2D eigenvalue weighted by Crippen LogP contribution is 2.65. The molecule has 4 heteroatoms. The summed E-state index contributed by atoms with van der Waals surface area (Å²) < 4.78 is 0. The van der Waals surface area contributed by atoms with Crippen LogP contribution in [0, 0.1) is 23.2 Å². The summed E-state index contributed by atoms with van der Waals surface area (Å²) in [6.07, 6.45) is 0.745. The van der Waals surface area contributed by atoms with Gasteiger partial charge in [0.1, 0.15) is 0 Å². The third-order valence-corrected chi connectivity index (χ3v) is 7.61. The third-order valence-electron chi connectivity index (χ3n) is 7.61. The molecule has 3 aromatic carbocycles. The lowest BCUT2D eigenvalue weighted by atomic mass is 9.46. The summed E-state index contributed by atoms with van der Waals surface area (Å²) in [5.41, 5.74) is 5.25. The van der Waals surface area contributed by atoms with Crippen molar-refractivity contribution in [2.24, 2.45) is 11.8 Å². The molecule has 150 valence electrons. The maximum absolute atomic E-state index is 13.9. The normalized spacial score (nSPS) is 27.5. The van der Waals surface area contributed by atoms with Crippen molar-refractivity contribution < 1.29 is 9.59 Å². The van der Waals surface area contributed by atoms with Crippen LogP contribution in [0.25, 0.3) is 0 Å². The molecule has 1 aliphatic heterocycles. The van der Waals surface area contributed by atoms with Crippen LogP contribution in [0.3, 0.4) is 0 Å². The number of carbonyl (C=O) groups excluding carboxylic acids is 2. The summed E-state index contributed by atoms with van der Waals surface area (Å²) in [7, 11) is 0. The Morgan fingerprint density at radius 1 is 0.871 bits per heavy atom. The molecule has 0 spiro atoms. The molecule has 0 saturated carbocycles. The molecule has 31 heavy (non-hydrogen) atoms. The van der Waals surface area contributed by atoms with Crippen molar-refractivity contribution in [3.8, 4) is 6.07 Å². The molecule has 4 aliphatic rings. The lowest BCUT2D eigenvalue weighted by molar-refractivity contribution is -0.123. The molecule has 1 heterocycles. The van der Waals surface area contributed by atoms with Gasteiger partial charge in [-0.1, -0.05) is 55.5 Å². The molecule has 2 amide bonds. The maximum atomic E-state index is 13.9. The van der Waals surface area contributed by atoms with Crippen LogP contribution in [0.1, 0.15) is 47.1 Å². The molecule has 0 radical (unpaired) electrons. The third kappa shape index (κ3) is 2.04. The first-order valence-corrected chi connectivity index (χ1v) is 10.7. The molecular weight excluding hydrogens is 384 g/mol. The molecule has 0 aromatic heterocycles. The van der Waals surface area contributed by atoms with E-state index in [0.717, 1.165) is 6.42 Å². The fourth-order valence-corrected chi connectivity index (χ4v) is 6.47. The summed E-state index contributed by atoms with van der Waals surface area (Å²) in [4.78, 5) is 29.1. The molecule has 1 saturated heterocycles. The molecular formula is C27H20N2O2. The van der Waals surface area contributed by atoms with Crippen LogP contribution in [-0.2, 0) is 15.0 Å². The van der Waals surface area contributed by atoms with Crippen LogP contribution in [-0.4, -0.2) is 11.8 Å². The first-order chi connectivity index (χ1) is 15.1. The average molecular weight is 404 g/mol. The van der Waals surface area contributed by atoms with E-state index in [0.29, 0.717) is 11.3 Å². The van der Waals surface area contributed by atoms with E-state index >= 15 is 0 Å². The number of amides is 2. The highest BCUT2D eigenvalue weighted by Gasteiger charge is 2.67. The Morgan fingerprint density at radius 3 is 2.00 bits per heavy atom. The molecule has 1 fully saturated rings. The second-order valence-corrected chi connectivity index (χ2v) is 8.65. The minimum absolute atomic E-state index is 0.120. The van der Waals surface area contributed by atoms with Crippen molar-refractivity contribution >= 4 is 17.5 Å². The lowest BCUT2D eigenvalue weighted by Gasteiger charge is -2.54. The Kier molecular flexibility index (Phi) is 3.59. The Balaban J connectivity index is 1.61. The number of benzene rings is 3. The monoisotopic (exact) mass is 404 g/mol. The van der Waals surface area contributed by atoms with Crippen LogP contribution in [0.15, 0.2) is 72.8 Å².